The fourth-order valence-electron chi connectivity index (χ4n) is 4.14. The first kappa shape index (κ1) is 21.9. The molecule has 1 amide bonds. The van der Waals surface area contributed by atoms with E-state index in [4.69, 9.17) is 0 Å². The summed E-state index contributed by atoms with van der Waals surface area (Å²) in [5, 5.41) is 15.9. The summed E-state index contributed by atoms with van der Waals surface area (Å²) < 4.78 is 0. The van der Waals surface area contributed by atoms with Gasteiger partial charge in [-0.05, 0) is 36.3 Å². The van der Waals surface area contributed by atoms with Crippen LogP contribution in [0.1, 0.15) is 46.3 Å². The number of hydrogen-bond acceptors (Lipinski definition) is 8. The van der Waals surface area contributed by atoms with E-state index in [1.54, 1.807) is 29.2 Å². The Hall–Kier alpha value is -2.36. The molecule has 1 fully saturated rings. The molecular formula is C22H29N5O3S. The highest BCUT2D eigenvalue weighted by Crippen LogP contribution is 2.28. The zero-order valence-corrected chi connectivity index (χ0v) is 18.8. The lowest BCUT2D eigenvalue weighted by Crippen LogP contribution is -2.56. The number of rotatable bonds is 8. The summed E-state index contributed by atoms with van der Waals surface area (Å²) in [5.74, 6) is 0.548. The first-order chi connectivity index (χ1) is 14.9. The third-order valence-electron chi connectivity index (χ3n) is 6.04. The second-order valence-electron chi connectivity index (χ2n) is 8.47. The Kier molecular flexibility index (Phi) is 6.64. The van der Waals surface area contributed by atoms with Crippen molar-refractivity contribution in [2.75, 3.05) is 31.5 Å². The van der Waals surface area contributed by atoms with Crippen molar-refractivity contribution in [2.24, 2.45) is 0 Å². The molecule has 0 aromatic carbocycles. The maximum absolute atomic E-state index is 12.6. The Labute approximate surface area is 186 Å². The van der Waals surface area contributed by atoms with Crippen molar-refractivity contribution < 1.29 is 14.7 Å². The molecule has 0 spiro atoms. The number of aliphatic hydroxyl groups excluding tert-OH is 1. The number of amides is 1. The first-order valence-corrected chi connectivity index (χ1v) is 11.6. The van der Waals surface area contributed by atoms with Gasteiger partial charge in [0, 0.05) is 57.0 Å². The summed E-state index contributed by atoms with van der Waals surface area (Å²) in [6, 6.07) is 1.79. The number of thiophene rings is 1. The lowest BCUT2D eigenvalue weighted by atomic mass is 10.0. The van der Waals surface area contributed by atoms with E-state index in [1.807, 2.05) is 0 Å². The SMILES string of the molecule is CC(=O)N1CC(Nc2cc(C(=O)CC[C@H](O)CN3CCc4c(C)csc4C3)ncn2)C1. The van der Waals surface area contributed by atoms with E-state index in [0.717, 1.165) is 19.5 Å². The van der Waals surface area contributed by atoms with Crippen LogP contribution in [0.3, 0.4) is 0 Å². The fraction of sp³-hybridized carbons (Fsp3) is 0.545. The quantitative estimate of drug-likeness (QED) is 0.601. The van der Waals surface area contributed by atoms with Gasteiger partial charge < -0.3 is 15.3 Å². The van der Waals surface area contributed by atoms with Crippen molar-refractivity contribution in [3.05, 3.63) is 39.5 Å². The minimum atomic E-state index is -0.543. The normalized spacial score (nSPS) is 17.7. The maximum Gasteiger partial charge on any atom is 0.219 e. The lowest BCUT2D eigenvalue weighted by molar-refractivity contribution is -0.132. The summed E-state index contributed by atoms with van der Waals surface area (Å²) >= 11 is 1.79. The lowest BCUT2D eigenvalue weighted by Gasteiger charge is -2.39. The molecule has 1 atom stereocenters. The van der Waals surface area contributed by atoms with Crippen LogP contribution < -0.4 is 5.32 Å². The second kappa shape index (κ2) is 9.42. The van der Waals surface area contributed by atoms with E-state index in [1.165, 1.54) is 22.3 Å². The van der Waals surface area contributed by atoms with Crippen LogP contribution in [-0.2, 0) is 17.8 Å². The van der Waals surface area contributed by atoms with Crippen LogP contribution in [0, 0.1) is 6.92 Å². The molecule has 9 heteroatoms. The summed E-state index contributed by atoms with van der Waals surface area (Å²) in [6.07, 6.45) is 2.52. The van der Waals surface area contributed by atoms with Crippen LogP contribution in [0.4, 0.5) is 5.82 Å². The van der Waals surface area contributed by atoms with Crippen LogP contribution >= 0.6 is 11.3 Å². The summed E-state index contributed by atoms with van der Waals surface area (Å²) in [6.45, 7) is 7.38. The van der Waals surface area contributed by atoms with Gasteiger partial charge in [-0.15, -0.1) is 11.3 Å². The molecule has 0 unspecified atom stereocenters. The molecule has 0 bridgehead atoms. The van der Waals surface area contributed by atoms with Gasteiger partial charge in [0.25, 0.3) is 0 Å². The molecule has 0 radical (unpaired) electrons. The number of anilines is 1. The van der Waals surface area contributed by atoms with Gasteiger partial charge in [0.2, 0.25) is 5.91 Å². The van der Waals surface area contributed by atoms with Crippen LogP contribution in [-0.4, -0.2) is 74.9 Å². The number of aliphatic hydroxyl groups is 1. The maximum atomic E-state index is 12.6. The van der Waals surface area contributed by atoms with E-state index in [2.05, 4.69) is 32.5 Å². The number of carbonyl (C=O) groups is 2. The molecule has 0 aliphatic carbocycles. The molecule has 8 nitrogen and oxygen atoms in total. The van der Waals surface area contributed by atoms with E-state index < -0.39 is 6.10 Å². The zero-order chi connectivity index (χ0) is 22.0. The van der Waals surface area contributed by atoms with Crippen LogP contribution in [0.5, 0.6) is 0 Å². The highest BCUT2D eigenvalue weighted by atomic mass is 32.1. The Morgan fingerprint density at radius 2 is 2.16 bits per heavy atom. The number of aromatic nitrogens is 2. The van der Waals surface area contributed by atoms with Crippen LogP contribution in [0.2, 0.25) is 0 Å². The number of hydrogen-bond donors (Lipinski definition) is 2. The van der Waals surface area contributed by atoms with Gasteiger partial charge in [-0.1, -0.05) is 0 Å². The third-order valence-corrected chi connectivity index (χ3v) is 7.17. The fourth-order valence-corrected chi connectivity index (χ4v) is 5.26. The number of aryl methyl sites for hydroxylation is 1. The number of nitrogens with one attached hydrogen (secondary N) is 1. The van der Waals surface area contributed by atoms with E-state index in [-0.39, 0.29) is 24.2 Å². The molecule has 2 aromatic heterocycles. The van der Waals surface area contributed by atoms with Crippen molar-refractivity contribution >= 4 is 28.8 Å². The van der Waals surface area contributed by atoms with Crippen LogP contribution in [0.25, 0.3) is 0 Å². The Morgan fingerprint density at radius 3 is 2.94 bits per heavy atom. The van der Waals surface area contributed by atoms with Crippen LogP contribution in [0.15, 0.2) is 17.8 Å². The molecule has 2 aliphatic heterocycles. The van der Waals surface area contributed by atoms with Gasteiger partial charge in [-0.25, -0.2) is 9.97 Å². The number of Topliss-reactive ketones (excluding diaryl/α,β-unsaturated/α-hetero) is 1. The number of β-amino-alcohol motifs (C(OH)–C–C–N with tert-alkyl or cyclic N) is 1. The van der Waals surface area contributed by atoms with Crippen molar-refractivity contribution in [3.8, 4) is 0 Å². The molecule has 1 saturated heterocycles. The summed E-state index contributed by atoms with van der Waals surface area (Å²) in [7, 11) is 0. The molecule has 0 saturated carbocycles. The van der Waals surface area contributed by atoms with Crippen molar-refractivity contribution in [1.29, 1.82) is 0 Å². The molecule has 2 N–H and O–H groups in total. The first-order valence-electron chi connectivity index (χ1n) is 10.7. The number of likely N-dealkylation sites (tertiary alicyclic amines) is 1. The predicted molar refractivity (Wildman–Crippen MR) is 119 cm³/mol. The number of carbonyl (C=O) groups excluding carboxylic acids is 2. The Morgan fingerprint density at radius 1 is 1.35 bits per heavy atom. The van der Waals surface area contributed by atoms with Crippen molar-refractivity contribution in [3.63, 3.8) is 0 Å². The smallest absolute Gasteiger partial charge is 0.219 e. The number of fused-ring (bicyclic) bond motifs is 1. The minimum Gasteiger partial charge on any atom is -0.392 e. The summed E-state index contributed by atoms with van der Waals surface area (Å²) in [4.78, 5) is 37.5. The predicted octanol–water partition coefficient (Wildman–Crippen LogP) is 1.87. The van der Waals surface area contributed by atoms with Gasteiger partial charge in [-0.2, -0.15) is 0 Å². The van der Waals surface area contributed by atoms with Gasteiger partial charge in [0.05, 0.1) is 12.1 Å². The van der Waals surface area contributed by atoms with Crippen molar-refractivity contribution in [1.82, 2.24) is 19.8 Å². The molecule has 31 heavy (non-hydrogen) atoms. The standard InChI is InChI=1S/C22H29N5O3S/c1-14-12-31-21-11-26(6-5-18(14)21)10-17(29)3-4-20(30)19-7-22(24-13-23-19)25-16-8-27(9-16)15(2)28/h7,12-13,16-17,29H,3-6,8-11H2,1-2H3,(H,23,24,25)/t17-/m0/s1. The zero-order valence-electron chi connectivity index (χ0n) is 18.0. The van der Waals surface area contributed by atoms with E-state index >= 15 is 0 Å². The highest BCUT2D eigenvalue weighted by Gasteiger charge is 2.28. The van der Waals surface area contributed by atoms with E-state index in [0.29, 0.717) is 37.6 Å². The molecule has 166 valence electrons. The van der Waals surface area contributed by atoms with Gasteiger partial charge in [0.15, 0.2) is 5.78 Å². The molecular weight excluding hydrogens is 414 g/mol. The van der Waals surface area contributed by atoms with Gasteiger partial charge in [0.1, 0.15) is 17.8 Å². The van der Waals surface area contributed by atoms with E-state index in [9.17, 15) is 14.7 Å². The highest BCUT2D eigenvalue weighted by molar-refractivity contribution is 7.10. The monoisotopic (exact) mass is 443 g/mol. The summed E-state index contributed by atoms with van der Waals surface area (Å²) in [5.41, 5.74) is 3.19. The van der Waals surface area contributed by atoms with Gasteiger partial charge in [-0.3, -0.25) is 14.5 Å². The molecule has 2 aliphatic rings. The minimum absolute atomic E-state index is 0.0608. The van der Waals surface area contributed by atoms with Crippen molar-refractivity contribution in [2.45, 2.75) is 51.8 Å². The second-order valence-corrected chi connectivity index (χ2v) is 9.44. The molecule has 2 aromatic rings. The topological polar surface area (TPSA) is 98.7 Å². The molecule has 4 rings (SSSR count). The third kappa shape index (κ3) is 5.28. The average Bonchev–Trinajstić information content (AvgIpc) is 3.08. The Bertz CT molecular complexity index is 956. The number of ketones is 1. The van der Waals surface area contributed by atoms with Gasteiger partial charge >= 0.3 is 0 Å². The number of nitrogens with zero attached hydrogens (tertiary/aromatic N) is 4. The average molecular weight is 444 g/mol. The largest absolute Gasteiger partial charge is 0.392 e. The molecule has 4 heterocycles. The Balaban J connectivity index is 1.23.